The average molecular weight is 401 g/mol. The van der Waals surface area contributed by atoms with Crippen molar-refractivity contribution in [2.45, 2.75) is 40.5 Å². The minimum absolute atomic E-state index is 1.11. The van der Waals surface area contributed by atoms with Crippen molar-refractivity contribution in [1.29, 1.82) is 0 Å². The Bertz CT molecular complexity index is 1110. The molecule has 2 aromatic carbocycles. The van der Waals surface area contributed by atoms with Crippen molar-refractivity contribution in [1.82, 2.24) is 0 Å². The van der Waals surface area contributed by atoms with Crippen molar-refractivity contribution >= 4 is 22.7 Å². The zero-order valence-electron chi connectivity index (χ0n) is 16.8. The third-order valence-electron chi connectivity index (χ3n) is 5.64. The molecule has 0 aliphatic heterocycles. The lowest BCUT2D eigenvalue weighted by molar-refractivity contribution is 1.24. The molecule has 0 N–H and O–H groups in total. The van der Waals surface area contributed by atoms with Crippen LogP contribution in [0, 0.1) is 27.7 Å². The molecule has 2 aliphatic carbocycles. The summed E-state index contributed by atoms with van der Waals surface area (Å²) >= 11 is 3.89. The third-order valence-corrected chi connectivity index (χ3v) is 7.99. The molecule has 2 heteroatoms. The van der Waals surface area contributed by atoms with E-state index in [0.29, 0.717) is 0 Å². The first kappa shape index (κ1) is 17.9. The van der Waals surface area contributed by atoms with E-state index in [-0.39, 0.29) is 0 Å². The lowest BCUT2D eigenvalue weighted by Gasteiger charge is -2.01. The van der Waals surface area contributed by atoms with E-state index in [2.05, 4.69) is 76.2 Å². The van der Waals surface area contributed by atoms with Crippen molar-refractivity contribution in [2.24, 2.45) is 0 Å². The molecule has 0 fully saturated rings. The van der Waals surface area contributed by atoms with Crippen molar-refractivity contribution in [3.8, 4) is 20.9 Å². The summed E-state index contributed by atoms with van der Waals surface area (Å²) in [5.74, 6) is 0. The van der Waals surface area contributed by atoms with Crippen LogP contribution in [0.25, 0.3) is 20.9 Å². The monoisotopic (exact) mass is 400 g/mol. The lowest BCUT2D eigenvalue weighted by Crippen LogP contribution is -1.81. The maximum atomic E-state index is 2.34. The van der Waals surface area contributed by atoms with E-state index in [9.17, 15) is 0 Å². The molecule has 2 aliphatic rings. The summed E-state index contributed by atoms with van der Waals surface area (Å²) in [7, 11) is 0. The maximum Gasteiger partial charge on any atom is 0.0483 e. The number of rotatable bonds is 0. The van der Waals surface area contributed by atoms with Crippen molar-refractivity contribution in [2.75, 3.05) is 0 Å². The Morgan fingerprint density at radius 2 is 0.964 bits per heavy atom. The van der Waals surface area contributed by atoms with Gasteiger partial charge in [-0.3, -0.25) is 0 Å². The highest BCUT2D eigenvalue weighted by Crippen LogP contribution is 2.46. The molecule has 0 bridgehead atoms. The van der Waals surface area contributed by atoms with E-state index in [1.807, 2.05) is 22.7 Å². The Morgan fingerprint density at radius 3 is 1.43 bits per heavy atom. The zero-order chi connectivity index (χ0) is 19.4. The molecule has 4 aromatic rings. The van der Waals surface area contributed by atoms with Crippen LogP contribution in [0.5, 0.6) is 0 Å². The zero-order valence-corrected chi connectivity index (χ0v) is 18.5. The molecule has 0 radical (unpaired) electrons. The van der Waals surface area contributed by atoms with Gasteiger partial charge in [0.2, 0.25) is 0 Å². The van der Waals surface area contributed by atoms with E-state index in [1.54, 1.807) is 11.1 Å². The van der Waals surface area contributed by atoms with Crippen LogP contribution in [0.1, 0.15) is 43.1 Å². The highest BCUT2D eigenvalue weighted by molar-refractivity contribution is 7.22. The van der Waals surface area contributed by atoms with Crippen LogP contribution in [-0.4, -0.2) is 0 Å². The summed E-state index contributed by atoms with van der Waals surface area (Å²) in [6.07, 6.45) is 2.27. The molecule has 0 atom stereocenters. The molecule has 28 heavy (non-hydrogen) atoms. The van der Waals surface area contributed by atoms with E-state index in [4.69, 9.17) is 0 Å². The van der Waals surface area contributed by atoms with Gasteiger partial charge < -0.3 is 0 Å². The molecule has 2 heterocycles. The maximum absolute atomic E-state index is 2.34. The summed E-state index contributed by atoms with van der Waals surface area (Å²) in [6.45, 7) is 8.72. The van der Waals surface area contributed by atoms with Crippen LogP contribution >= 0.6 is 22.7 Å². The van der Waals surface area contributed by atoms with E-state index in [0.717, 1.165) is 6.42 Å². The summed E-state index contributed by atoms with van der Waals surface area (Å²) in [5, 5.41) is 0. The quantitative estimate of drug-likeness (QED) is 0.243. The summed E-state index contributed by atoms with van der Waals surface area (Å²) in [4.78, 5) is 5.96. The van der Waals surface area contributed by atoms with Gasteiger partial charge in [-0.15, -0.1) is 22.7 Å². The SMILES string of the molecule is Cc1cc2c(s1)-c1sc(C)cc1C2.Cc1ccc2c(c1)Cc1cc(C)ccc1-2. The summed E-state index contributed by atoms with van der Waals surface area (Å²) in [6, 6.07) is 18.2. The van der Waals surface area contributed by atoms with Gasteiger partial charge in [-0.2, -0.15) is 0 Å². The number of fused-ring (bicyclic) bond motifs is 6. The third kappa shape index (κ3) is 3.05. The normalized spacial score (nSPS) is 12.7. The number of aryl methyl sites for hydroxylation is 4. The smallest absolute Gasteiger partial charge is 0.0483 e. The van der Waals surface area contributed by atoms with E-state index >= 15 is 0 Å². The fraction of sp³-hybridized carbons (Fsp3) is 0.231. The van der Waals surface area contributed by atoms with Gasteiger partial charge in [0.15, 0.2) is 0 Å². The standard InChI is InChI=1S/C15H14.C11H10S2/c1-10-3-5-14-12(7-10)9-13-8-11(2)4-6-15(13)14;1-6-3-8-5-9-4-7(2)13-11(9)10(8)12-6/h3-8H,9H2,1-2H3;3-4H,5H2,1-2H3. The second-order valence-corrected chi connectivity index (χ2v) is 10.6. The molecule has 0 unspecified atom stereocenters. The number of hydrogen-bond acceptors (Lipinski definition) is 2. The predicted octanol–water partition coefficient (Wildman–Crippen LogP) is 7.87. The molecular weight excluding hydrogens is 376 g/mol. The van der Waals surface area contributed by atoms with Crippen molar-refractivity contribution in [3.05, 3.63) is 91.7 Å². The van der Waals surface area contributed by atoms with Crippen LogP contribution < -0.4 is 0 Å². The van der Waals surface area contributed by atoms with Crippen LogP contribution in [-0.2, 0) is 12.8 Å². The minimum atomic E-state index is 1.11. The second-order valence-electron chi connectivity index (χ2n) is 8.10. The van der Waals surface area contributed by atoms with Gasteiger partial charge in [-0.1, -0.05) is 47.5 Å². The first-order valence-corrected chi connectivity index (χ1v) is 11.5. The Hall–Kier alpha value is -2.16. The second kappa shape index (κ2) is 6.72. The Balaban J connectivity index is 0.000000123. The van der Waals surface area contributed by atoms with Crippen LogP contribution in [0.3, 0.4) is 0 Å². The molecule has 6 rings (SSSR count). The van der Waals surface area contributed by atoms with E-state index < -0.39 is 0 Å². The topological polar surface area (TPSA) is 0 Å². The van der Waals surface area contributed by atoms with Gasteiger partial charge in [-0.05, 0) is 79.6 Å². The van der Waals surface area contributed by atoms with Crippen LogP contribution in [0.2, 0.25) is 0 Å². The molecule has 0 saturated carbocycles. The molecule has 2 aromatic heterocycles. The molecule has 140 valence electrons. The molecule has 0 saturated heterocycles. The molecule has 0 nitrogen and oxygen atoms in total. The average Bonchev–Trinajstić information content (AvgIpc) is 3.34. The van der Waals surface area contributed by atoms with Crippen molar-refractivity contribution < 1.29 is 0 Å². The van der Waals surface area contributed by atoms with Gasteiger partial charge in [0.05, 0.1) is 0 Å². The fourth-order valence-electron chi connectivity index (χ4n) is 4.45. The highest BCUT2D eigenvalue weighted by atomic mass is 32.1. The van der Waals surface area contributed by atoms with Gasteiger partial charge in [-0.25, -0.2) is 0 Å². The Morgan fingerprint density at radius 1 is 0.536 bits per heavy atom. The van der Waals surface area contributed by atoms with Crippen LogP contribution in [0.4, 0.5) is 0 Å². The minimum Gasteiger partial charge on any atom is -0.139 e. The lowest BCUT2D eigenvalue weighted by atomic mass is 10.0. The fourth-order valence-corrected chi connectivity index (χ4v) is 6.72. The van der Waals surface area contributed by atoms with Gasteiger partial charge in [0.1, 0.15) is 0 Å². The Labute approximate surface area is 175 Å². The number of benzene rings is 2. The molecular formula is C26H24S2. The number of thiophene rings is 2. The van der Waals surface area contributed by atoms with Gasteiger partial charge in [0.25, 0.3) is 0 Å². The van der Waals surface area contributed by atoms with Gasteiger partial charge >= 0.3 is 0 Å². The van der Waals surface area contributed by atoms with Crippen molar-refractivity contribution in [3.63, 3.8) is 0 Å². The highest BCUT2D eigenvalue weighted by Gasteiger charge is 2.22. The van der Waals surface area contributed by atoms with E-state index in [1.165, 1.54) is 59.3 Å². The Kier molecular flexibility index (Phi) is 4.30. The first-order chi connectivity index (χ1) is 13.5. The summed E-state index contributed by atoms with van der Waals surface area (Å²) in [5.41, 5.74) is 11.6. The van der Waals surface area contributed by atoms with Gasteiger partial charge in [0, 0.05) is 25.9 Å². The summed E-state index contributed by atoms with van der Waals surface area (Å²) < 4.78 is 0. The largest absolute Gasteiger partial charge is 0.139 e. The van der Waals surface area contributed by atoms with Crippen LogP contribution in [0.15, 0.2) is 48.5 Å². The predicted molar refractivity (Wildman–Crippen MR) is 124 cm³/mol. The molecule has 0 spiro atoms. The molecule has 0 amide bonds. The number of hydrogen-bond donors (Lipinski definition) is 0. The first-order valence-electron chi connectivity index (χ1n) is 9.86.